The molecule has 17 heavy (non-hydrogen) atoms. The van der Waals surface area contributed by atoms with Gasteiger partial charge in [0.15, 0.2) is 11.6 Å². The van der Waals surface area contributed by atoms with Crippen LogP contribution in [0.1, 0.15) is 5.56 Å². The highest BCUT2D eigenvalue weighted by atomic mass is 35.5. The summed E-state index contributed by atoms with van der Waals surface area (Å²) in [5.41, 5.74) is 0.711. The molecule has 0 aliphatic carbocycles. The first-order valence-electron chi connectivity index (χ1n) is 4.79. The first-order valence-corrected chi connectivity index (χ1v) is 5.16. The zero-order chi connectivity index (χ0) is 12.3. The highest BCUT2D eigenvalue weighted by Gasteiger charge is 2.10. The maximum absolute atomic E-state index is 13.6. The Balaban J connectivity index is 2.35. The minimum Gasteiger partial charge on any atom is -0.338 e. The summed E-state index contributed by atoms with van der Waals surface area (Å²) < 4.78 is 13.6. The van der Waals surface area contributed by atoms with Gasteiger partial charge in [0.2, 0.25) is 0 Å². The molecule has 1 aromatic heterocycles. The van der Waals surface area contributed by atoms with E-state index in [1.54, 1.807) is 18.2 Å². The summed E-state index contributed by atoms with van der Waals surface area (Å²) in [6.07, 6.45) is 0. The van der Waals surface area contributed by atoms with Crippen LogP contribution in [0, 0.1) is 17.1 Å². The quantitative estimate of drug-likeness (QED) is 0.827. The predicted molar refractivity (Wildman–Crippen MR) is 63.6 cm³/mol. The molecule has 0 fully saturated rings. The number of rotatable bonds is 2. The van der Waals surface area contributed by atoms with Crippen LogP contribution in [0.2, 0.25) is 5.15 Å². The maximum Gasteiger partial charge on any atom is 0.168 e. The molecule has 5 heteroatoms. The van der Waals surface area contributed by atoms with E-state index in [1.807, 2.05) is 18.2 Å². The van der Waals surface area contributed by atoms with Gasteiger partial charge in [-0.2, -0.15) is 5.26 Å². The van der Waals surface area contributed by atoms with Gasteiger partial charge in [0.25, 0.3) is 0 Å². The van der Waals surface area contributed by atoms with Gasteiger partial charge in [-0.25, -0.2) is 9.37 Å². The van der Waals surface area contributed by atoms with E-state index in [0.717, 1.165) is 6.07 Å². The van der Waals surface area contributed by atoms with E-state index in [9.17, 15) is 4.39 Å². The molecule has 1 aromatic carbocycles. The predicted octanol–water partition coefficient (Wildman–Crippen LogP) is 3.49. The van der Waals surface area contributed by atoms with Crippen LogP contribution in [0.15, 0.2) is 36.4 Å². The molecule has 1 N–H and O–H groups in total. The van der Waals surface area contributed by atoms with Crippen molar-refractivity contribution in [2.75, 3.05) is 5.32 Å². The van der Waals surface area contributed by atoms with Gasteiger partial charge in [-0.15, -0.1) is 0 Å². The van der Waals surface area contributed by atoms with Crippen molar-refractivity contribution >= 4 is 23.1 Å². The smallest absolute Gasteiger partial charge is 0.168 e. The minimum absolute atomic E-state index is 0.000185. The molecular formula is C12H7ClFN3. The third-order valence-electron chi connectivity index (χ3n) is 2.09. The van der Waals surface area contributed by atoms with E-state index in [1.165, 1.54) is 0 Å². The van der Waals surface area contributed by atoms with Gasteiger partial charge < -0.3 is 5.32 Å². The van der Waals surface area contributed by atoms with Crippen molar-refractivity contribution < 1.29 is 4.39 Å². The van der Waals surface area contributed by atoms with Crippen molar-refractivity contribution in [2.24, 2.45) is 0 Å². The van der Waals surface area contributed by atoms with Gasteiger partial charge in [-0.05, 0) is 18.2 Å². The summed E-state index contributed by atoms with van der Waals surface area (Å²) in [6, 6.07) is 11.8. The lowest BCUT2D eigenvalue weighted by molar-refractivity contribution is 0.626. The summed E-state index contributed by atoms with van der Waals surface area (Å²) in [6.45, 7) is 0. The summed E-state index contributed by atoms with van der Waals surface area (Å²) in [5.74, 6) is -0.616. The first kappa shape index (κ1) is 11.4. The molecule has 0 radical (unpaired) electrons. The van der Waals surface area contributed by atoms with Gasteiger partial charge >= 0.3 is 0 Å². The monoisotopic (exact) mass is 247 g/mol. The number of halogens is 2. The van der Waals surface area contributed by atoms with Gasteiger partial charge in [-0.1, -0.05) is 29.8 Å². The molecule has 1 heterocycles. The highest BCUT2D eigenvalue weighted by Crippen LogP contribution is 2.22. The summed E-state index contributed by atoms with van der Waals surface area (Å²) in [4.78, 5) is 3.80. The fourth-order valence-electron chi connectivity index (χ4n) is 1.29. The van der Waals surface area contributed by atoms with E-state index < -0.39 is 5.82 Å². The SMILES string of the molecule is N#Cc1cc(F)c(Nc2ccccc2)nc1Cl. The number of aromatic nitrogens is 1. The van der Waals surface area contributed by atoms with Gasteiger partial charge in [0, 0.05) is 5.69 Å². The Morgan fingerprint density at radius 3 is 2.65 bits per heavy atom. The minimum atomic E-state index is -0.616. The van der Waals surface area contributed by atoms with E-state index in [2.05, 4.69) is 10.3 Å². The zero-order valence-electron chi connectivity index (χ0n) is 8.61. The van der Waals surface area contributed by atoms with Crippen LogP contribution >= 0.6 is 11.6 Å². The molecule has 2 rings (SSSR count). The molecule has 2 aromatic rings. The van der Waals surface area contributed by atoms with Crippen molar-refractivity contribution in [3.05, 3.63) is 52.9 Å². The van der Waals surface area contributed by atoms with Crippen LogP contribution in [0.4, 0.5) is 15.9 Å². The number of nitriles is 1. The molecule has 84 valence electrons. The molecule has 0 aliphatic rings. The van der Waals surface area contributed by atoms with Gasteiger partial charge in [-0.3, -0.25) is 0 Å². The lowest BCUT2D eigenvalue weighted by Crippen LogP contribution is -1.98. The number of nitrogens with one attached hydrogen (secondary N) is 1. The number of hydrogen-bond acceptors (Lipinski definition) is 3. The first-order chi connectivity index (χ1) is 8.20. The molecule has 0 unspecified atom stereocenters. The molecular weight excluding hydrogens is 241 g/mol. The molecule has 0 aliphatic heterocycles. The summed E-state index contributed by atoms with van der Waals surface area (Å²) >= 11 is 5.73. The van der Waals surface area contributed by atoms with Crippen LogP contribution < -0.4 is 5.32 Å². The fraction of sp³-hybridized carbons (Fsp3) is 0. The van der Waals surface area contributed by atoms with Crippen molar-refractivity contribution in [1.29, 1.82) is 5.26 Å². The van der Waals surface area contributed by atoms with Crippen molar-refractivity contribution in [3.8, 4) is 6.07 Å². The molecule has 0 amide bonds. The molecule has 3 nitrogen and oxygen atoms in total. The average Bonchev–Trinajstić information content (AvgIpc) is 2.34. The Hall–Kier alpha value is -2.12. The Kier molecular flexibility index (Phi) is 3.22. The number of para-hydroxylation sites is 1. The van der Waals surface area contributed by atoms with Gasteiger partial charge in [0.1, 0.15) is 11.2 Å². The lowest BCUT2D eigenvalue weighted by atomic mass is 10.3. The highest BCUT2D eigenvalue weighted by molar-refractivity contribution is 6.30. The third kappa shape index (κ3) is 2.52. The van der Waals surface area contributed by atoms with Crippen LogP contribution in [0.5, 0.6) is 0 Å². The van der Waals surface area contributed by atoms with Gasteiger partial charge in [0.05, 0.1) is 5.56 Å². The maximum atomic E-state index is 13.6. The largest absolute Gasteiger partial charge is 0.338 e. The van der Waals surface area contributed by atoms with Crippen LogP contribution in [-0.2, 0) is 0 Å². The topological polar surface area (TPSA) is 48.7 Å². The standard InChI is InChI=1S/C12H7ClFN3/c13-11-8(7-15)6-10(14)12(17-11)16-9-4-2-1-3-5-9/h1-6H,(H,16,17). The average molecular weight is 248 g/mol. The number of pyridine rings is 1. The molecule has 0 spiro atoms. The molecule has 0 atom stereocenters. The second-order valence-corrected chi connectivity index (χ2v) is 3.62. The lowest BCUT2D eigenvalue weighted by Gasteiger charge is -2.07. The molecule has 0 saturated carbocycles. The van der Waals surface area contributed by atoms with Crippen molar-refractivity contribution in [1.82, 2.24) is 4.98 Å². The second-order valence-electron chi connectivity index (χ2n) is 3.26. The number of hydrogen-bond donors (Lipinski definition) is 1. The van der Waals surface area contributed by atoms with Crippen LogP contribution in [0.25, 0.3) is 0 Å². The second kappa shape index (κ2) is 4.81. The Morgan fingerprint density at radius 2 is 2.00 bits per heavy atom. The number of benzene rings is 1. The Labute approximate surface area is 102 Å². The summed E-state index contributed by atoms with van der Waals surface area (Å²) in [5, 5.41) is 11.4. The molecule has 0 bridgehead atoms. The zero-order valence-corrected chi connectivity index (χ0v) is 9.37. The Bertz CT molecular complexity index is 578. The van der Waals surface area contributed by atoms with Crippen molar-refractivity contribution in [3.63, 3.8) is 0 Å². The van der Waals surface area contributed by atoms with Crippen LogP contribution in [-0.4, -0.2) is 4.98 Å². The third-order valence-corrected chi connectivity index (χ3v) is 2.37. The fourth-order valence-corrected chi connectivity index (χ4v) is 1.47. The van der Waals surface area contributed by atoms with Crippen LogP contribution in [0.3, 0.4) is 0 Å². The number of nitrogens with zero attached hydrogens (tertiary/aromatic N) is 2. The van der Waals surface area contributed by atoms with E-state index in [-0.39, 0.29) is 16.5 Å². The van der Waals surface area contributed by atoms with E-state index in [0.29, 0.717) is 5.69 Å². The normalized spacial score (nSPS) is 9.71. The van der Waals surface area contributed by atoms with Crippen molar-refractivity contribution in [2.45, 2.75) is 0 Å². The summed E-state index contributed by atoms with van der Waals surface area (Å²) in [7, 11) is 0. The number of anilines is 2. The van der Waals surface area contributed by atoms with E-state index >= 15 is 0 Å². The molecule has 0 saturated heterocycles. The Morgan fingerprint density at radius 1 is 1.29 bits per heavy atom. The van der Waals surface area contributed by atoms with E-state index in [4.69, 9.17) is 16.9 Å².